The van der Waals surface area contributed by atoms with Crippen LogP contribution in [0.5, 0.6) is 0 Å². The summed E-state index contributed by atoms with van der Waals surface area (Å²) in [6, 6.07) is 0. The van der Waals surface area contributed by atoms with E-state index < -0.39 is 0 Å². The van der Waals surface area contributed by atoms with Crippen LogP contribution in [0.15, 0.2) is 0 Å². The Morgan fingerprint density at radius 3 is 1.94 bits per heavy atom. The maximum absolute atomic E-state index is 5.52. The maximum atomic E-state index is 5.52. The normalized spacial score (nSPS) is 13.1. The van der Waals surface area contributed by atoms with Crippen molar-refractivity contribution in [1.82, 2.24) is 0 Å². The van der Waals surface area contributed by atoms with Crippen LogP contribution in [0.4, 0.5) is 0 Å². The summed E-state index contributed by atoms with van der Waals surface area (Å²) in [6.07, 6.45) is 1.11. The van der Waals surface area contributed by atoms with Crippen molar-refractivity contribution < 1.29 is 14.0 Å². The molecule has 0 aliphatic heterocycles. The number of hydrogen-bond donors (Lipinski definition) is 0. The van der Waals surface area contributed by atoms with Gasteiger partial charge >= 0.3 is 0 Å². The van der Waals surface area contributed by atoms with E-state index in [4.69, 9.17) is 9.47 Å². The first-order chi connectivity index (χ1) is 7.21. The Balaban J connectivity index is 3.17. The Labute approximate surface area is 101 Å². The molecule has 0 aromatic heterocycles. The van der Waals surface area contributed by atoms with Crippen LogP contribution in [-0.2, 0) is 9.47 Å². The van der Waals surface area contributed by atoms with Gasteiger partial charge in [0.25, 0.3) is 0 Å². The molecule has 0 N–H and O–H groups in total. The second-order valence-electron chi connectivity index (χ2n) is 6.59. The quantitative estimate of drug-likeness (QED) is 0.472. The molecule has 0 saturated carbocycles. The lowest BCUT2D eigenvalue weighted by Crippen LogP contribution is -2.35. The zero-order chi connectivity index (χ0) is 12.7. The highest BCUT2D eigenvalue weighted by molar-refractivity contribution is 4.58. The van der Waals surface area contributed by atoms with E-state index in [1.54, 1.807) is 0 Å². The van der Waals surface area contributed by atoms with Crippen LogP contribution in [0.3, 0.4) is 0 Å². The largest absolute Gasteiger partial charge is 0.379 e. The van der Waals surface area contributed by atoms with E-state index in [2.05, 4.69) is 41.9 Å². The molecule has 98 valence electrons. The van der Waals surface area contributed by atoms with Crippen LogP contribution in [0.25, 0.3) is 0 Å². The highest BCUT2D eigenvalue weighted by Gasteiger charge is 2.09. The van der Waals surface area contributed by atoms with Crippen molar-refractivity contribution in [3.8, 4) is 0 Å². The van der Waals surface area contributed by atoms with Crippen LogP contribution in [0, 0.1) is 5.41 Å². The van der Waals surface area contributed by atoms with Gasteiger partial charge in [-0.1, -0.05) is 20.8 Å². The lowest BCUT2D eigenvalue weighted by Gasteiger charge is -2.23. The molecule has 16 heavy (non-hydrogen) atoms. The number of hydrogen-bond acceptors (Lipinski definition) is 2. The fourth-order valence-corrected chi connectivity index (χ4v) is 1.24. The lowest BCUT2D eigenvalue weighted by molar-refractivity contribution is -0.870. The van der Waals surface area contributed by atoms with Gasteiger partial charge in [0.05, 0.1) is 54.1 Å². The van der Waals surface area contributed by atoms with Crippen LogP contribution in [0.1, 0.15) is 27.2 Å². The van der Waals surface area contributed by atoms with Gasteiger partial charge in [-0.3, -0.25) is 0 Å². The fourth-order valence-electron chi connectivity index (χ4n) is 1.24. The molecule has 0 saturated heterocycles. The number of rotatable bonds is 8. The van der Waals surface area contributed by atoms with Gasteiger partial charge in [0, 0.05) is 6.42 Å². The molecular formula is C13H30NO2+. The first kappa shape index (κ1) is 15.9. The summed E-state index contributed by atoms with van der Waals surface area (Å²) < 4.78 is 12.0. The first-order valence-corrected chi connectivity index (χ1v) is 6.17. The molecule has 0 aromatic carbocycles. The van der Waals surface area contributed by atoms with Gasteiger partial charge in [0.2, 0.25) is 0 Å². The number of quaternary nitrogens is 1. The van der Waals surface area contributed by atoms with Gasteiger partial charge in [-0.05, 0) is 5.41 Å². The second kappa shape index (κ2) is 7.25. The monoisotopic (exact) mass is 232 g/mol. The smallest absolute Gasteiger partial charge is 0.0802 e. The third-order valence-electron chi connectivity index (χ3n) is 2.02. The van der Waals surface area contributed by atoms with Gasteiger partial charge in [0.1, 0.15) is 0 Å². The summed E-state index contributed by atoms with van der Waals surface area (Å²) in [5.41, 5.74) is 0.254. The summed E-state index contributed by atoms with van der Waals surface area (Å²) in [7, 11) is 6.60. The van der Waals surface area contributed by atoms with E-state index in [1.807, 2.05) is 0 Å². The van der Waals surface area contributed by atoms with Gasteiger partial charge < -0.3 is 14.0 Å². The van der Waals surface area contributed by atoms with E-state index >= 15 is 0 Å². The summed E-state index contributed by atoms with van der Waals surface area (Å²) in [4.78, 5) is 0. The highest BCUT2D eigenvalue weighted by Crippen LogP contribution is 2.12. The number of ether oxygens (including phenoxy) is 2. The molecule has 0 amide bonds. The predicted molar refractivity (Wildman–Crippen MR) is 68.6 cm³/mol. The maximum Gasteiger partial charge on any atom is 0.0802 e. The molecule has 0 spiro atoms. The molecule has 0 aromatic rings. The molecular weight excluding hydrogens is 202 g/mol. The lowest BCUT2D eigenvalue weighted by atomic mass is 9.99. The number of nitrogens with zero attached hydrogens (tertiary/aromatic N) is 1. The Bertz CT molecular complexity index is 148. The van der Waals surface area contributed by atoms with E-state index in [9.17, 15) is 0 Å². The Kier molecular flexibility index (Phi) is 7.20. The average Bonchev–Trinajstić information content (AvgIpc) is 2.06. The van der Waals surface area contributed by atoms with E-state index in [1.165, 1.54) is 0 Å². The first-order valence-electron chi connectivity index (χ1n) is 6.17. The van der Waals surface area contributed by atoms with Gasteiger partial charge in [0.15, 0.2) is 0 Å². The minimum atomic E-state index is 0.254. The van der Waals surface area contributed by atoms with E-state index in [-0.39, 0.29) is 5.41 Å². The van der Waals surface area contributed by atoms with Crippen molar-refractivity contribution in [2.45, 2.75) is 27.2 Å². The zero-order valence-electron chi connectivity index (χ0n) is 12.0. The van der Waals surface area contributed by atoms with Gasteiger partial charge in [-0.25, -0.2) is 0 Å². The molecule has 0 heterocycles. The molecule has 0 bridgehead atoms. The molecule has 0 atom stereocenters. The molecule has 0 radical (unpaired) electrons. The minimum Gasteiger partial charge on any atom is -0.379 e. The van der Waals surface area contributed by atoms with Crippen LogP contribution in [0.2, 0.25) is 0 Å². The average molecular weight is 232 g/mol. The molecule has 0 unspecified atom stereocenters. The van der Waals surface area contributed by atoms with Crippen LogP contribution in [-0.4, -0.2) is 58.6 Å². The zero-order valence-corrected chi connectivity index (χ0v) is 12.0. The predicted octanol–water partition coefficient (Wildman–Crippen LogP) is 2.16. The molecule has 3 nitrogen and oxygen atoms in total. The minimum absolute atomic E-state index is 0.254. The molecule has 0 aliphatic carbocycles. The molecule has 0 aliphatic rings. The van der Waals surface area contributed by atoms with Gasteiger partial charge in [-0.15, -0.1) is 0 Å². The standard InChI is InChI=1S/C13H30NO2/c1-13(2,3)12-16-11-10-15-9-7-8-14(4,5)6/h7-12H2,1-6H3/q+1. The van der Waals surface area contributed by atoms with Crippen molar-refractivity contribution in [2.24, 2.45) is 5.41 Å². The second-order valence-corrected chi connectivity index (χ2v) is 6.59. The van der Waals surface area contributed by atoms with Crippen LogP contribution >= 0.6 is 0 Å². The topological polar surface area (TPSA) is 18.5 Å². The Morgan fingerprint density at radius 1 is 0.875 bits per heavy atom. The van der Waals surface area contributed by atoms with E-state index in [0.717, 1.165) is 30.7 Å². The molecule has 3 heteroatoms. The van der Waals surface area contributed by atoms with Crippen molar-refractivity contribution in [3.63, 3.8) is 0 Å². The SMILES string of the molecule is CC(C)(C)COCCOCCC[N+](C)(C)C. The summed E-state index contributed by atoms with van der Waals surface area (Å²) in [5.74, 6) is 0. The van der Waals surface area contributed by atoms with Crippen molar-refractivity contribution >= 4 is 0 Å². The third kappa shape index (κ3) is 13.9. The van der Waals surface area contributed by atoms with Crippen molar-refractivity contribution in [2.75, 3.05) is 54.1 Å². The fraction of sp³-hybridized carbons (Fsp3) is 1.00. The molecule has 0 fully saturated rings. The van der Waals surface area contributed by atoms with Crippen molar-refractivity contribution in [3.05, 3.63) is 0 Å². The van der Waals surface area contributed by atoms with E-state index in [0.29, 0.717) is 13.2 Å². The third-order valence-corrected chi connectivity index (χ3v) is 2.02. The van der Waals surface area contributed by atoms with Crippen LogP contribution < -0.4 is 0 Å². The highest BCUT2D eigenvalue weighted by atomic mass is 16.5. The van der Waals surface area contributed by atoms with Gasteiger partial charge in [-0.2, -0.15) is 0 Å². The summed E-state index contributed by atoms with van der Waals surface area (Å²) >= 11 is 0. The Morgan fingerprint density at radius 2 is 1.44 bits per heavy atom. The molecule has 0 rings (SSSR count). The Hall–Kier alpha value is -0.120. The summed E-state index contributed by atoms with van der Waals surface area (Å²) in [6.45, 7) is 10.8. The van der Waals surface area contributed by atoms with Crippen molar-refractivity contribution in [1.29, 1.82) is 0 Å². The summed E-state index contributed by atoms with van der Waals surface area (Å²) in [5, 5.41) is 0.